The van der Waals surface area contributed by atoms with Gasteiger partial charge in [-0.3, -0.25) is 0 Å². The summed E-state index contributed by atoms with van der Waals surface area (Å²) in [5, 5.41) is 0. The summed E-state index contributed by atoms with van der Waals surface area (Å²) in [5.74, 6) is 0. The Morgan fingerprint density at radius 1 is 0.700 bits per heavy atom. The molecular formula is C14H24O4P2. The summed E-state index contributed by atoms with van der Waals surface area (Å²) in [5.41, 5.74) is 1.28. The van der Waals surface area contributed by atoms with Crippen molar-refractivity contribution in [3.63, 3.8) is 0 Å². The fraction of sp³-hybridized carbons (Fsp3) is 1.00. The molecule has 0 radical (unpaired) electrons. The minimum absolute atomic E-state index is 0.0256. The van der Waals surface area contributed by atoms with Gasteiger partial charge in [-0.1, -0.05) is 0 Å². The number of hydrogen-bond donors (Lipinski definition) is 0. The Hall–Kier alpha value is 0.700. The highest BCUT2D eigenvalue weighted by Crippen LogP contribution is 2.63. The van der Waals surface area contributed by atoms with E-state index in [2.05, 4.69) is 13.3 Å². The number of hydrogen-bond acceptors (Lipinski definition) is 4. The highest BCUT2D eigenvalue weighted by Gasteiger charge is 2.58. The zero-order chi connectivity index (χ0) is 14.0. The lowest BCUT2D eigenvalue weighted by molar-refractivity contribution is -0.0577. The normalized spacial score (nSPS) is 61.8. The molecule has 20 heavy (non-hydrogen) atoms. The second-order valence-electron chi connectivity index (χ2n) is 6.55. The van der Waals surface area contributed by atoms with E-state index in [4.69, 9.17) is 18.9 Å². The van der Waals surface area contributed by atoms with E-state index < -0.39 is 0 Å². The van der Waals surface area contributed by atoms with Crippen molar-refractivity contribution in [3.8, 4) is 0 Å². The number of fused-ring (bicyclic) bond motifs is 2. The Bertz CT molecular complexity index is 359. The van der Waals surface area contributed by atoms with Crippen LogP contribution in [0, 0.1) is 0 Å². The first-order valence-electron chi connectivity index (χ1n) is 7.57. The van der Waals surface area contributed by atoms with Gasteiger partial charge in [-0.25, -0.2) is 0 Å². The topological polar surface area (TPSA) is 36.9 Å². The van der Waals surface area contributed by atoms with Crippen LogP contribution in [0.4, 0.5) is 0 Å². The highest BCUT2D eigenvalue weighted by molar-refractivity contribution is 7.62. The van der Waals surface area contributed by atoms with Gasteiger partial charge >= 0.3 is 0 Å². The van der Waals surface area contributed by atoms with Crippen molar-refractivity contribution in [1.29, 1.82) is 0 Å². The minimum atomic E-state index is -0.0313. The minimum Gasteiger partial charge on any atom is -0.347 e. The summed E-state index contributed by atoms with van der Waals surface area (Å²) in [7, 11) is -0.0512. The molecule has 0 amide bonds. The third kappa shape index (κ3) is 2.11. The van der Waals surface area contributed by atoms with Gasteiger partial charge in [0.15, 0.2) is 12.6 Å². The second kappa shape index (κ2) is 5.11. The van der Waals surface area contributed by atoms with E-state index >= 15 is 0 Å². The molecule has 4 nitrogen and oxygen atoms in total. The van der Waals surface area contributed by atoms with Gasteiger partial charge < -0.3 is 18.9 Å². The summed E-state index contributed by atoms with van der Waals surface area (Å²) in [6, 6.07) is 0. The summed E-state index contributed by atoms with van der Waals surface area (Å²) in [6.07, 6.45) is 3.59. The van der Waals surface area contributed by atoms with E-state index in [9.17, 15) is 0 Å². The lowest BCUT2D eigenvalue weighted by Gasteiger charge is -2.33. The first kappa shape index (κ1) is 14.3. The van der Waals surface area contributed by atoms with Crippen LogP contribution in [0.25, 0.3) is 0 Å². The Labute approximate surface area is 123 Å². The average molecular weight is 318 g/mol. The maximum absolute atomic E-state index is 6.11. The SMILES string of the molecule is CC1O[C@@H]2[C@H]([C@H]3[C@H]4OC(C)O[C@@H]4C[P@]3C)[P@](C)C[C@H]2O1. The van der Waals surface area contributed by atoms with Crippen LogP contribution in [0.1, 0.15) is 13.8 Å². The van der Waals surface area contributed by atoms with Gasteiger partial charge in [-0.2, -0.15) is 0 Å². The molecule has 4 rings (SSSR count). The maximum Gasteiger partial charge on any atom is 0.155 e. The zero-order valence-electron chi connectivity index (χ0n) is 12.6. The van der Waals surface area contributed by atoms with Crippen molar-refractivity contribution < 1.29 is 18.9 Å². The standard InChI is InChI=1S/C14H24O4P2/c1-7-15-9-5-19(3)13(11(9)17-7)14-12-10(6-20(14)4)16-8(2)18-12/h7-14H,5-6H2,1-4H3/t7?,8?,9-,10-,11+,12+,13-,14-,19-,20+/m1/s1. The molecule has 4 aliphatic rings. The first-order chi connectivity index (χ1) is 9.54. The van der Waals surface area contributed by atoms with Crippen LogP contribution in [-0.2, 0) is 18.9 Å². The van der Waals surface area contributed by atoms with Crippen LogP contribution in [0.15, 0.2) is 0 Å². The van der Waals surface area contributed by atoms with Crippen LogP contribution in [0.3, 0.4) is 0 Å². The molecule has 0 aromatic rings. The summed E-state index contributed by atoms with van der Waals surface area (Å²) < 4.78 is 24.1. The van der Waals surface area contributed by atoms with Crippen molar-refractivity contribution in [2.75, 3.05) is 25.7 Å². The predicted octanol–water partition coefficient (Wildman–Crippen LogP) is 2.23. The molecule has 0 saturated carbocycles. The predicted molar refractivity (Wildman–Crippen MR) is 81.4 cm³/mol. The smallest absolute Gasteiger partial charge is 0.155 e. The van der Waals surface area contributed by atoms with Crippen LogP contribution < -0.4 is 0 Å². The molecule has 4 saturated heterocycles. The molecule has 0 aromatic heterocycles. The molecule has 0 aliphatic carbocycles. The second-order valence-corrected chi connectivity index (χ2v) is 11.5. The van der Waals surface area contributed by atoms with Gasteiger partial charge in [-0.05, 0) is 39.5 Å². The lowest BCUT2D eigenvalue weighted by atomic mass is 10.0. The van der Waals surface area contributed by atoms with Gasteiger partial charge in [0.1, 0.15) is 0 Å². The molecule has 0 bridgehead atoms. The van der Waals surface area contributed by atoms with Crippen LogP contribution in [-0.4, -0.2) is 74.0 Å². The Morgan fingerprint density at radius 2 is 1.10 bits per heavy atom. The molecule has 4 fully saturated rings. The summed E-state index contributed by atoms with van der Waals surface area (Å²) in [6.45, 7) is 8.89. The maximum atomic E-state index is 6.11. The van der Waals surface area contributed by atoms with E-state index in [1.807, 2.05) is 13.8 Å². The summed E-state index contributed by atoms with van der Waals surface area (Å²) >= 11 is 0. The van der Waals surface area contributed by atoms with Crippen LogP contribution in [0.2, 0.25) is 0 Å². The van der Waals surface area contributed by atoms with Crippen molar-refractivity contribution in [3.05, 3.63) is 0 Å². The van der Waals surface area contributed by atoms with Crippen LogP contribution in [0.5, 0.6) is 0 Å². The molecule has 6 heteroatoms. The van der Waals surface area contributed by atoms with Gasteiger partial charge in [0.25, 0.3) is 0 Å². The molecule has 0 N–H and O–H groups in total. The fourth-order valence-corrected chi connectivity index (χ4v) is 10.9. The number of rotatable bonds is 1. The monoisotopic (exact) mass is 318 g/mol. The van der Waals surface area contributed by atoms with Crippen molar-refractivity contribution in [1.82, 2.24) is 0 Å². The molecule has 4 aliphatic heterocycles. The highest BCUT2D eigenvalue weighted by atomic mass is 31.1. The largest absolute Gasteiger partial charge is 0.347 e. The molecule has 10 atom stereocenters. The molecule has 4 heterocycles. The van der Waals surface area contributed by atoms with Gasteiger partial charge in [0.05, 0.1) is 24.4 Å². The summed E-state index contributed by atoms with van der Waals surface area (Å²) in [4.78, 5) is 0. The average Bonchev–Trinajstić information content (AvgIpc) is 3.01. The Balaban J connectivity index is 1.59. The first-order valence-corrected chi connectivity index (χ1v) is 11.7. The van der Waals surface area contributed by atoms with E-state index in [-0.39, 0.29) is 28.4 Å². The molecule has 0 aromatic carbocycles. The molecular weight excluding hydrogens is 294 g/mol. The molecule has 0 spiro atoms. The van der Waals surface area contributed by atoms with Crippen molar-refractivity contribution in [2.24, 2.45) is 0 Å². The quantitative estimate of drug-likeness (QED) is 0.695. The van der Waals surface area contributed by atoms with Crippen LogP contribution >= 0.6 is 15.8 Å². The van der Waals surface area contributed by atoms with Gasteiger partial charge in [-0.15, -0.1) is 15.8 Å². The lowest BCUT2D eigenvalue weighted by Crippen LogP contribution is -2.41. The van der Waals surface area contributed by atoms with E-state index in [0.29, 0.717) is 35.7 Å². The fourth-order valence-electron chi connectivity index (χ4n) is 4.45. The van der Waals surface area contributed by atoms with Gasteiger partial charge in [0.2, 0.25) is 0 Å². The van der Waals surface area contributed by atoms with Crippen molar-refractivity contribution in [2.45, 2.75) is 62.2 Å². The zero-order valence-corrected chi connectivity index (χ0v) is 14.3. The van der Waals surface area contributed by atoms with E-state index in [1.54, 1.807) is 0 Å². The van der Waals surface area contributed by atoms with E-state index in [1.165, 1.54) is 12.3 Å². The van der Waals surface area contributed by atoms with E-state index in [0.717, 1.165) is 0 Å². The Morgan fingerprint density at radius 3 is 1.50 bits per heavy atom. The molecule has 114 valence electrons. The third-order valence-electron chi connectivity index (χ3n) is 5.14. The number of ether oxygens (including phenoxy) is 4. The Kier molecular flexibility index (Phi) is 3.66. The van der Waals surface area contributed by atoms with Crippen molar-refractivity contribution >= 4 is 15.8 Å². The third-order valence-corrected chi connectivity index (χ3v) is 10.5. The van der Waals surface area contributed by atoms with Gasteiger partial charge in [0, 0.05) is 11.3 Å². The molecule has 2 unspecified atom stereocenters.